The Morgan fingerprint density at radius 1 is 0.929 bits per heavy atom. The molecule has 0 aliphatic carbocycles. The van der Waals surface area contributed by atoms with Gasteiger partial charge in [-0.15, -0.1) is 0 Å². The van der Waals surface area contributed by atoms with Crippen LogP contribution in [0.5, 0.6) is 0 Å². The fourth-order valence-corrected chi connectivity index (χ4v) is 4.37. The third-order valence-electron chi connectivity index (χ3n) is 5.74. The van der Waals surface area contributed by atoms with Gasteiger partial charge < -0.3 is 23.7 Å². The van der Waals surface area contributed by atoms with Crippen molar-refractivity contribution in [1.29, 1.82) is 5.26 Å². The lowest BCUT2D eigenvalue weighted by Crippen LogP contribution is -2.62. The fraction of sp³-hybridized carbons (Fsp3) is 0.952. The second-order valence-electron chi connectivity index (χ2n) is 9.02. The number of hydrogen-bond acceptors (Lipinski definition) is 7. The van der Waals surface area contributed by atoms with Crippen LogP contribution in [0, 0.1) is 11.3 Å². The van der Waals surface area contributed by atoms with E-state index in [0.717, 1.165) is 19.4 Å². The van der Waals surface area contributed by atoms with Crippen LogP contribution in [0.25, 0.3) is 0 Å². The Kier molecular flexibility index (Phi) is 6.70. The predicted octanol–water partition coefficient (Wildman–Crippen LogP) is 3.23. The first-order valence-electron chi connectivity index (χ1n) is 10.7. The summed E-state index contributed by atoms with van der Waals surface area (Å²) in [7, 11) is 0. The number of rotatable bonds is 9. The van der Waals surface area contributed by atoms with Crippen molar-refractivity contribution in [2.75, 3.05) is 13.2 Å². The Hall–Kier alpha value is -0.750. The first-order chi connectivity index (χ1) is 13.2. The topological polar surface area (TPSA) is 82.0 Å². The maximum Gasteiger partial charge on any atom is 0.190 e. The molecular formula is C21H36N2O5. The van der Waals surface area contributed by atoms with Gasteiger partial charge in [-0.1, -0.05) is 39.0 Å². The molecule has 0 aromatic rings. The Morgan fingerprint density at radius 2 is 1.64 bits per heavy atom. The summed E-state index contributed by atoms with van der Waals surface area (Å²) < 4.78 is 29.9. The zero-order valence-corrected chi connectivity index (χ0v) is 18.0. The third kappa shape index (κ3) is 4.53. The summed E-state index contributed by atoms with van der Waals surface area (Å²) in [6.07, 6.45) is 5.19. The molecule has 0 bridgehead atoms. The van der Waals surface area contributed by atoms with Crippen LogP contribution < -0.4 is 5.32 Å². The minimum Gasteiger partial charge on any atom is -0.348 e. The molecule has 3 fully saturated rings. The highest BCUT2D eigenvalue weighted by atomic mass is 16.8. The molecule has 3 rings (SSSR count). The number of nitriles is 1. The summed E-state index contributed by atoms with van der Waals surface area (Å²) >= 11 is 0. The quantitative estimate of drug-likeness (QED) is 0.599. The van der Waals surface area contributed by atoms with Crippen molar-refractivity contribution in [2.45, 2.75) is 115 Å². The molecule has 0 aromatic carbocycles. The standard InChI is InChI=1S/C21H36N2O5/c1-6-7-8-9-10-11-12-23-21(14-22)16(15-13-24-19(2,3)26-15)25-18-17(21)27-20(4,5)28-18/h15-18,23H,6-13H2,1-5H3/t15-,16-,17+,18-,21-/m1/s1. The van der Waals surface area contributed by atoms with Crippen LogP contribution in [-0.4, -0.2) is 54.9 Å². The molecule has 28 heavy (non-hydrogen) atoms. The number of unbranched alkanes of at least 4 members (excludes halogenated alkanes) is 5. The lowest BCUT2D eigenvalue weighted by molar-refractivity contribution is -0.227. The maximum atomic E-state index is 10.2. The van der Waals surface area contributed by atoms with E-state index in [2.05, 4.69) is 18.3 Å². The van der Waals surface area contributed by atoms with Crippen LogP contribution in [0.15, 0.2) is 0 Å². The van der Waals surface area contributed by atoms with Crippen LogP contribution in [0.4, 0.5) is 0 Å². The van der Waals surface area contributed by atoms with E-state index >= 15 is 0 Å². The van der Waals surface area contributed by atoms with Crippen LogP contribution in [-0.2, 0) is 23.7 Å². The number of hydrogen-bond donors (Lipinski definition) is 1. The van der Waals surface area contributed by atoms with E-state index in [1.54, 1.807) is 0 Å². The van der Waals surface area contributed by atoms with E-state index in [0.29, 0.717) is 6.61 Å². The number of ether oxygens (including phenoxy) is 5. The van der Waals surface area contributed by atoms with Gasteiger partial charge in [0.25, 0.3) is 0 Å². The van der Waals surface area contributed by atoms with E-state index in [4.69, 9.17) is 23.7 Å². The van der Waals surface area contributed by atoms with E-state index in [9.17, 15) is 5.26 Å². The van der Waals surface area contributed by atoms with Gasteiger partial charge >= 0.3 is 0 Å². The Balaban J connectivity index is 1.68. The van der Waals surface area contributed by atoms with E-state index in [-0.39, 0.29) is 6.10 Å². The van der Waals surface area contributed by atoms with Gasteiger partial charge in [0.15, 0.2) is 23.4 Å². The van der Waals surface area contributed by atoms with Crippen molar-refractivity contribution in [3.05, 3.63) is 0 Å². The highest BCUT2D eigenvalue weighted by Crippen LogP contribution is 2.45. The lowest BCUT2D eigenvalue weighted by atomic mass is 9.86. The molecule has 7 nitrogen and oxygen atoms in total. The van der Waals surface area contributed by atoms with Gasteiger partial charge in [0, 0.05) is 0 Å². The zero-order chi connectivity index (χ0) is 20.4. The molecule has 3 saturated heterocycles. The van der Waals surface area contributed by atoms with Gasteiger partial charge in [-0.3, -0.25) is 5.32 Å². The second-order valence-corrected chi connectivity index (χ2v) is 9.02. The number of nitrogens with one attached hydrogen (secondary N) is 1. The van der Waals surface area contributed by atoms with E-state index in [1.165, 1.54) is 25.7 Å². The molecule has 0 radical (unpaired) electrons. The number of nitrogens with zero attached hydrogens (tertiary/aromatic N) is 1. The minimum atomic E-state index is -1.03. The van der Waals surface area contributed by atoms with Crippen LogP contribution in [0.2, 0.25) is 0 Å². The van der Waals surface area contributed by atoms with Crippen molar-refractivity contribution in [3.63, 3.8) is 0 Å². The molecule has 5 atom stereocenters. The fourth-order valence-electron chi connectivity index (χ4n) is 4.37. The van der Waals surface area contributed by atoms with Gasteiger partial charge in [0.05, 0.1) is 12.7 Å². The molecule has 3 aliphatic heterocycles. The zero-order valence-electron chi connectivity index (χ0n) is 18.0. The first kappa shape index (κ1) is 21.9. The summed E-state index contributed by atoms with van der Waals surface area (Å²) in [6.45, 7) is 10.8. The monoisotopic (exact) mass is 396 g/mol. The summed E-state index contributed by atoms with van der Waals surface area (Å²) in [5.41, 5.74) is -1.03. The van der Waals surface area contributed by atoms with Gasteiger partial charge in [-0.2, -0.15) is 5.26 Å². The second kappa shape index (κ2) is 8.55. The largest absolute Gasteiger partial charge is 0.348 e. The summed E-state index contributed by atoms with van der Waals surface area (Å²) in [5.74, 6) is -1.47. The normalized spacial score (nSPS) is 38.4. The first-order valence-corrected chi connectivity index (χ1v) is 10.7. The smallest absolute Gasteiger partial charge is 0.190 e. The van der Waals surface area contributed by atoms with Crippen molar-refractivity contribution in [2.24, 2.45) is 0 Å². The molecule has 1 N–H and O–H groups in total. The van der Waals surface area contributed by atoms with Crippen LogP contribution in [0.1, 0.15) is 73.1 Å². The van der Waals surface area contributed by atoms with Crippen molar-refractivity contribution >= 4 is 0 Å². The lowest BCUT2D eigenvalue weighted by Gasteiger charge is -2.35. The molecule has 0 amide bonds. The van der Waals surface area contributed by atoms with Gasteiger partial charge in [0.1, 0.15) is 18.3 Å². The Morgan fingerprint density at radius 3 is 2.29 bits per heavy atom. The molecule has 0 spiro atoms. The van der Waals surface area contributed by atoms with Crippen molar-refractivity contribution < 1.29 is 23.7 Å². The molecule has 3 aliphatic rings. The third-order valence-corrected chi connectivity index (χ3v) is 5.74. The Labute approximate surface area is 169 Å². The molecule has 3 heterocycles. The van der Waals surface area contributed by atoms with Crippen molar-refractivity contribution in [3.8, 4) is 6.07 Å². The van der Waals surface area contributed by atoms with Crippen LogP contribution >= 0.6 is 0 Å². The average Bonchev–Trinajstić information content (AvgIpc) is 3.22. The molecule has 0 saturated carbocycles. The molecule has 7 heteroatoms. The van der Waals surface area contributed by atoms with Crippen molar-refractivity contribution in [1.82, 2.24) is 5.32 Å². The average molecular weight is 397 g/mol. The molecule has 160 valence electrons. The highest BCUT2D eigenvalue weighted by Gasteiger charge is 2.67. The highest BCUT2D eigenvalue weighted by molar-refractivity contribution is 5.24. The van der Waals surface area contributed by atoms with Gasteiger partial charge in [0.2, 0.25) is 0 Å². The summed E-state index contributed by atoms with van der Waals surface area (Å²) in [4.78, 5) is 0. The Bertz CT molecular complexity index is 576. The minimum absolute atomic E-state index is 0.354. The van der Waals surface area contributed by atoms with Crippen LogP contribution in [0.3, 0.4) is 0 Å². The molecule has 0 unspecified atom stereocenters. The maximum absolute atomic E-state index is 10.2. The van der Waals surface area contributed by atoms with Gasteiger partial charge in [-0.05, 0) is 40.7 Å². The molecule has 0 aromatic heterocycles. The SMILES string of the molecule is CCCCCCCCN[C@]1(C#N)[C@@H]([C@H]2COC(C)(C)O2)O[C@@H]2OC(C)(C)O[C@@H]21. The summed E-state index contributed by atoms with van der Waals surface area (Å²) in [6, 6.07) is 2.48. The predicted molar refractivity (Wildman–Crippen MR) is 103 cm³/mol. The number of fused-ring (bicyclic) bond motifs is 1. The van der Waals surface area contributed by atoms with Gasteiger partial charge in [-0.25, -0.2) is 0 Å². The van der Waals surface area contributed by atoms with E-state index in [1.807, 2.05) is 27.7 Å². The molecular weight excluding hydrogens is 360 g/mol. The van der Waals surface area contributed by atoms with E-state index < -0.39 is 35.6 Å². The summed E-state index contributed by atoms with van der Waals surface area (Å²) in [5, 5.41) is 13.7.